The molecule has 1 aliphatic carbocycles. The lowest BCUT2D eigenvalue weighted by Crippen LogP contribution is -2.33. The SMILES string of the molecule is CCNc1ccc(C(=O)NCC2CCCCC2C)cc1C. The molecule has 0 aromatic heterocycles. The van der Waals surface area contributed by atoms with E-state index in [0.29, 0.717) is 5.92 Å². The lowest BCUT2D eigenvalue weighted by molar-refractivity contribution is 0.0936. The van der Waals surface area contributed by atoms with Crippen LogP contribution in [0.25, 0.3) is 0 Å². The number of anilines is 1. The molecule has 21 heavy (non-hydrogen) atoms. The van der Waals surface area contributed by atoms with Crippen LogP contribution >= 0.6 is 0 Å². The molecule has 1 aromatic carbocycles. The fourth-order valence-electron chi connectivity index (χ4n) is 3.22. The molecule has 0 spiro atoms. The molecule has 2 unspecified atom stereocenters. The van der Waals surface area contributed by atoms with Crippen LogP contribution in [0.4, 0.5) is 5.69 Å². The molecule has 1 aliphatic rings. The maximum atomic E-state index is 12.3. The lowest BCUT2D eigenvalue weighted by atomic mass is 9.80. The van der Waals surface area contributed by atoms with Crippen molar-refractivity contribution in [3.8, 4) is 0 Å². The van der Waals surface area contributed by atoms with Crippen LogP contribution in [0.5, 0.6) is 0 Å². The topological polar surface area (TPSA) is 41.1 Å². The Morgan fingerprint density at radius 2 is 2.05 bits per heavy atom. The van der Waals surface area contributed by atoms with E-state index in [1.165, 1.54) is 25.7 Å². The Balaban J connectivity index is 1.92. The van der Waals surface area contributed by atoms with Gasteiger partial charge < -0.3 is 10.6 Å². The number of amides is 1. The Labute approximate surface area is 128 Å². The zero-order valence-corrected chi connectivity index (χ0v) is 13.5. The molecule has 3 heteroatoms. The van der Waals surface area contributed by atoms with Gasteiger partial charge in [0.15, 0.2) is 0 Å². The fraction of sp³-hybridized carbons (Fsp3) is 0.611. The summed E-state index contributed by atoms with van der Waals surface area (Å²) >= 11 is 0. The van der Waals surface area contributed by atoms with Gasteiger partial charge in [0.25, 0.3) is 5.91 Å². The van der Waals surface area contributed by atoms with E-state index in [4.69, 9.17) is 0 Å². The standard InChI is InChI=1S/C18H28N2O/c1-4-19-17-10-9-15(11-14(17)3)18(21)20-12-16-8-6-5-7-13(16)2/h9-11,13,16,19H,4-8,12H2,1-3H3,(H,20,21). The van der Waals surface area contributed by atoms with Gasteiger partial charge in [0.1, 0.15) is 0 Å². The molecule has 1 aromatic rings. The molecular formula is C18H28N2O. The van der Waals surface area contributed by atoms with E-state index in [2.05, 4.69) is 24.5 Å². The van der Waals surface area contributed by atoms with Crippen LogP contribution < -0.4 is 10.6 Å². The van der Waals surface area contributed by atoms with Gasteiger partial charge in [-0.2, -0.15) is 0 Å². The van der Waals surface area contributed by atoms with Gasteiger partial charge in [0.2, 0.25) is 0 Å². The number of carbonyl (C=O) groups excluding carboxylic acids is 1. The minimum absolute atomic E-state index is 0.0546. The van der Waals surface area contributed by atoms with E-state index >= 15 is 0 Å². The Bertz CT molecular complexity index is 484. The van der Waals surface area contributed by atoms with E-state index in [1.54, 1.807) is 0 Å². The average molecular weight is 288 g/mol. The normalized spacial score (nSPS) is 21.9. The summed E-state index contributed by atoms with van der Waals surface area (Å²) in [5, 5.41) is 6.42. The Hall–Kier alpha value is -1.51. The minimum Gasteiger partial charge on any atom is -0.385 e. The second kappa shape index (κ2) is 7.48. The molecule has 3 nitrogen and oxygen atoms in total. The predicted octanol–water partition coefficient (Wildman–Crippen LogP) is 3.98. The molecule has 1 fully saturated rings. The number of carbonyl (C=O) groups is 1. The average Bonchev–Trinajstić information content (AvgIpc) is 2.48. The number of aryl methyl sites for hydroxylation is 1. The smallest absolute Gasteiger partial charge is 0.251 e. The second-order valence-corrected chi connectivity index (χ2v) is 6.29. The third-order valence-corrected chi connectivity index (χ3v) is 4.67. The molecule has 1 amide bonds. The lowest BCUT2D eigenvalue weighted by Gasteiger charge is -2.28. The molecular weight excluding hydrogens is 260 g/mol. The monoisotopic (exact) mass is 288 g/mol. The third kappa shape index (κ3) is 4.23. The summed E-state index contributed by atoms with van der Waals surface area (Å²) < 4.78 is 0. The van der Waals surface area contributed by atoms with Crippen LogP contribution in [0.15, 0.2) is 18.2 Å². The van der Waals surface area contributed by atoms with E-state index in [-0.39, 0.29) is 5.91 Å². The maximum Gasteiger partial charge on any atom is 0.251 e. The van der Waals surface area contributed by atoms with E-state index in [0.717, 1.165) is 35.8 Å². The summed E-state index contributed by atoms with van der Waals surface area (Å²) in [6.07, 6.45) is 5.20. The number of benzene rings is 1. The van der Waals surface area contributed by atoms with Gasteiger partial charge >= 0.3 is 0 Å². The van der Waals surface area contributed by atoms with Crippen LogP contribution in [0.2, 0.25) is 0 Å². The molecule has 0 bridgehead atoms. The molecule has 0 saturated heterocycles. The largest absolute Gasteiger partial charge is 0.385 e. The number of hydrogen-bond donors (Lipinski definition) is 2. The fourth-order valence-corrected chi connectivity index (χ4v) is 3.22. The Kier molecular flexibility index (Phi) is 5.66. The van der Waals surface area contributed by atoms with Crippen molar-refractivity contribution in [2.24, 2.45) is 11.8 Å². The molecule has 0 heterocycles. The number of rotatable bonds is 5. The zero-order chi connectivity index (χ0) is 15.2. The van der Waals surface area contributed by atoms with Crippen molar-refractivity contribution in [1.29, 1.82) is 0 Å². The van der Waals surface area contributed by atoms with Crippen molar-refractivity contribution in [2.45, 2.75) is 46.5 Å². The van der Waals surface area contributed by atoms with Crippen LogP contribution in [0.3, 0.4) is 0 Å². The van der Waals surface area contributed by atoms with Crippen molar-refractivity contribution < 1.29 is 4.79 Å². The van der Waals surface area contributed by atoms with Gasteiger partial charge in [0, 0.05) is 24.3 Å². The van der Waals surface area contributed by atoms with Gasteiger partial charge in [-0.1, -0.05) is 26.2 Å². The second-order valence-electron chi connectivity index (χ2n) is 6.29. The Morgan fingerprint density at radius 1 is 1.29 bits per heavy atom. The summed E-state index contributed by atoms with van der Waals surface area (Å²) in [7, 11) is 0. The van der Waals surface area contributed by atoms with Gasteiger partial charge in [-0.25, -0.2) is 0 Å². The summed E-state index contributed by atoms with van der Waals surface area (Å²) in [6, 6.07) is 5.87. The quantitative estimate of drug-likeness (QED) is 0.860. The Morgan fingerprint density at radius 3 is 2.71 bits per heavy atom. The highest BCUT2D eigenvalue weighted by Gasteiger charge is 2.21. The van der Waals surface area contributed by atoms with Crippen molar-refractivity contribution >= 4 is 11.6 Å². The van der Waals surface area contributed by atoms with Crippen LogP contribution in [-0.2, 0) is 0 Å². The van der Waals surface area contributed by atoms with E-state index < -0.39 is 0 Å². The molecule has 0 aliphatic heterocycles. The number of hydrogen-bond acceptors (Lipinski definition) is 2. The first-order valence-corrected chi connectivity index (χ1v) is 8.24. The van der Waals surface area contributed by atoms with E-state index in [9.17, 15) is 4.79 Å². The maximum absolute atomic E-state index is 12.3. The molecule has 0 radical (unpaired) electrons. The highest BCUT2D eigenvalue weighted by molar-refractivity contribution is 5.94. The molecule has 116 valence electrons. The molecule has 2 N–H and O–H groups in total. The minimum atomic E-state index is 0.0546. The van der Waals surface area contributed by atoms with Crippen LogP contribution in [-0.4, -0.2) is 19.0 Å². The van der Waals surface area contributed by atoms with Gasteiger partial charge in [-0.05, 0) is 55.9 Å². The van der Waals surface area contributed by atoms with Crippen LogP contribution in [0.1, 0.15) is 55.5 Å². The highest BCUT2D eigenvalue weighted by atomic mass is 16.1. The summed E-state index contributed by atoms with van der Waals surface area (Å²) in [5.74, 6) is 1.43. The third-order valence-electron chi connectivity index (χ3n) is 4.67. The van der Waals surface area contributed by atoms with Crippen molar-refractivity contribution in [3.05, 3.63) is 29.3 Å². The summed E-state index contributed by atoms with van der Waals surface area (Å²) in [6.45, 7) is 8.13. The molecule has 1 saturated carbocycles. The van der Waals surface area contributed by atoms with Gasteiger partial charge in [0.05, 0.1) is 0 Å². The highest BCUT2D eigenvalue weighted by Crippen LogP contribution is 2.28. The first kappa shape index (κ1) is 15.9. The predicted molar refractivity (Wildman–Crippen MR) is 88.8 cm³/mol. The van der Waals surface area contributed by atoms with E-state index in [1.807, 2.05) is 25.1 Å². The molecule has 2 atom stereocenters. The number of nitrogens with one attached hydrogen (secondary N) is 2. The van der Waals surface area contributed by atoms with Gasteiger partial charge in [-0.3, -0.25) is 4.79 Å². The van der Waals surface area contributed by atoms with Crippen LogP contribution in [0, 0.1) is 18.8 Å². The first-order valence-electron chi connectivity index (χ1n) is 8.24. The van der Waals surface area contributed by atoms with Crippen molar-refractivity contribution in [2.75, 3.05) is 18.4 Å². The first-order chi connectivity index (χ1) is 10.1. The molecule has 2 rings (SSSR count). The zero-order valence-electron chi connectivity index (χ0n) is 13.5. The van der Waals surface area contributed by atoms with Crippen molar-refractivity contribution in [3.63, 3.8) is 0 Å². The summed E-state index contributed by atoms with van der Waals surface area (Å²) in [4.78, 5) is 12.3. The van der Waals surface area contributed by atoms with Crippen molar-refractivity contribution in [1.82, 2.24) is 5.32 Å². The summed E-state index contributed by atoms with van der Waals surface area (Å²) in [5.41, 5.74) is 2.99. The van der Waals surface area contributed by atoms with Gasteiger partial charge in [-0.15, -0.1) is 0 Å².